The fourth-order valence-corrected chi connectivity index (χ4v) is 5.42. The van der Waals surface area contributed by atoms with Gasteiger partial charge in [0.1, 0.15) is 17.3 Å². The number of esters is 1. The number of hydrogen-bond acceptors (Lipinski definition) is 8. The Balaban J connectivity index is 0.00000506. The van der Waals surface area contributed by atoms with E-state index in [9.17, 15) is 14.4 Å². The molecule has 2 aliphatic rings. The molecule has 0 aromatic heterocycles. The Bertz CT molecular complexity index is 1380. The van der Waals surface area contributed by atoms with Gasteiger partial charge in [0.2, 0.25) is 0 Å². The Kier molecular flexibility index (Phi) is 11.2. The Morgan fingerprint density at radius 1 is 1.00 bits per heavy atom. The summed E-state index contributed by atoms with van der Waals surface area (Å²) >= 11 is 0. The van der Waals surface area contributed by atoms with E-state index in [4.69, 9.17) is 19.6 Å². The minimum atomic E-state index is -0.441. The van der Waals surface area contributed by atoms with E-state index in [1.807, 2.05) is 39.8 Å². The molecule has 2 aromatic carbocycles. The van der Waals surface area contributed by atoms with Crippen LogP contribution in [0, 0.1) is 5.41 Å². The fraction of sp³-hybridized carbons (Fsp3) is 0.500. The van der Waals surface area contributed by atoms with E-state index < -0.39 is 5.97 Å². The number of Topliss-reactive ketones (excluding diaryl/α,β-unsaturated/α-hetero) is 1. The largest absolute Gasteiger partial charge is 0.493 e. The predicted molar refractivity (Wildman–Crippen MR) is 172 cm³/mol. The van der Waals surface area contributed by atoms with Crippen LogP contribution in [0.4, 0.5) is 5.69 Å². The van der Waals surface area contributed by atoms with E-state index in [1.165, 1.54) is 0 Å². The van der Waals surface area contributed by atoms with Crippen molar-refractivity contribution in [1.29, 1.82) is 5.41 Å². The summed E-state index contributed by atoms with van der Waals surface area (Å²) in [5.74, 6) is 0.381. The van der Waals surface area contributed by atoms with E-state index in [2.05, 4.69) is 10.2 Å². The zero-order chi connectivity index (χ0) is 30.6. The molecule has 0 spiro atoms. The van der Waals surface area contributed by atoms with Crippen molar-refractivity contribution in [3.63, 3.8) is 0 Å². The highest BCUT2D eigenvalue weighted by Gasteiger charge is 2.32. The number of halogens is 1. The fourth-order valence-electron chi connectivity index (χ4n) is 5.42. The molecule has 2 N–H and O–H groups in total. The first-order chi connectivity index (χ1) is 20.0. The maximum absolute atomic E-state index is 13.8. The van der Waals surface area contributed by atoms with Gasteiger partial charge in [-0.1, -0.05) is 20.8 Å². The van der Waals surface area contributed by atoms with Crippen molar-refractivity contribution in [2.24, 2.45) is 0 Å². The average molecular weight is 660 g/mol. The number of carbonyl (C=O) groups is 3. The highest BCUT2D eigenvalue weighted by Crippen LogP contribution is 2.42. The minimum absolute atomic E-state index is 0. The van der Waals surface area contributed by atoms with Crippen molar-refractivity contribution in [2.45, 2.75) is 59.4 Å². The van der Waals surface area contributed by atoms with E-state index in [1.54, 1.807) is 31.0 Å². The van der Waals surface area contributed by atoms with Gasteiger partial charge in [0, 0.05) is 43.4 Å². The molecule has 43 heavy (non-hydrogen) atoms. The van der Waals surface area contributed by atoms with Crippen LogP contribution < -0.4 is 19.7 Å². The molecular formula is C32H43BrN4O6. The molecule has 0 aliphatic carbocycles. The number of fused-ring (bicyclic) bond motifs is 1. The van der Waals surface area contributed by atoms with Crippen molar-refractivity contribution < 1.29 is 28.6 Å². The molecule has 1 saturated heterocycles. The smallest absolute Gasteiger partial charge is 0.344 e. The van der Waals surface area contributed by atoms with E-state index in [0.29, 0.717) is 41.3 Å². The summed E-state index contributed by atoms with van der Waals surface area (Å²) in [4.78, 5) is 42.4. The molecule has 0 bridgehead atoms. The number of carbonyl (C=O) groups excluding carboxylic acids is 3. The molecule has 1 fully saturated rings. The number of nitrogens with zero attached hydrogens (tertiary/aromatic N) is 2. The summed E-state index contributed by atoms with van der Waals surface area (Å²) in [6, 6.07) is 7.17. The second-order valence-corrected chi connectivity index (χ2v) is 11.6. The van der Waals surface area contributed by atoms with E-state index in [0.717, 1.165) is 42.7 Å². The molecule has 0 atom stereocenters. The molecule has 0 unspecified atom stereocenters. The quantitative estimate of drug-likeness (QED) is 0.259. The second kappa shape index (κ2) is 14.2. The van der Waals surface area contributed by atoms with Gasteiger partial charge in [0.25, 0.3) is 5.91 Å². The molecule has 11 heteroatoms. The normalized spacial score (nSPS) is 14.2. The summed E-state index contributed by atoms with van der Waals surface area (Å²) in [6.07, 6.45) is 2.07. The third-order valence-corrected chi connectivity index (χ3v) is 7.53. The molecule has 4 rings (SSSR count). The molecule has 0 saturated carbocycles. The van der Waals surface area contributed by atoms with Gasteiger partial charge in [-0.3, -0.25) is 15.0 Å². The number of hydrogen-bond donors (Lipinski definition) is 2. The molecule has 10 nitrogen and oxygen atoms in total. The molecule has 2 aromatic rings. The zero-order valence-electron chi connectivity index (χ0n) is 25.9. The van der Waals surface area contributed by atoms with Crippen molar-refractivity contribution >= 4 is 46.2 Å². The molecule has 2 heterocycles. The summed E-state index contributed by atoms with van der Waals surface area (Å²) < 4.78 is 16.9. The monoisotopic (exact) mass is 658 g/mol. The van der Waals surface area contributed by atoms with Gasteiger partial charge in [-0.25, -0.2) is 4.79 Å². The van der Waals surface area contributed by atoms with Crippen LogP contribution in [0.25, 0.3) is 0 Å². The maximum atomic E-state index is 13.8. The summed E-state index contributed by atoms with van der Waals surface area (Å²) in [7, 11) is 1.55. The minimum Gasteiger partial charge on any atom is -0.493 e. The number of ether oxygens (including phenoxy) is 3. The van der Waals surface area contributed by atoms with Crippen LogP contribution in [-0.2, 0) is 21.5 Å². The summed E-state index contributed by atoms with van der Waals surface area (Å²) in [5.41, 5.74) is 3.58. The molecule has 1 amide bonds. The van der Waals surface area contributed by atoms with Gasteiger partial charge in [-0.15, -0.1) is 17.0 Å². The Morgan fingerprint density at radius 3 is 2.30 bits per heavy atom. The number of ketones is 1. The summed E-state index contributed by atoms with van der Waals surface area (Å²) in [6.45, 7) is 12.2. The first-order valence-corrected chi connectivity index (χ1v) is 14.6. The second-order valence-electron chi connectivity index (χ2n) is 11.6. The van der Waals surface area contributed by atoms with Crippen LogP contribution in [0.2, 0.25) is 0 Å². The third kappa shape index (κ3) is 7.49. The van der Waals surface area contributed by atoms with Crippen LogP contribution in [-0.4, -0.2) is 74.9 Å². The first kappa shape index (κ1) is 33.9. The predicted octanol–water partition coefficient (Wildman–Crippen LogP) is 4.89. The van der Waals surface area contributed by atoms with Crippen molar-refractivity contribution in [2.75, 3.05) is 51.4 Å². The highest BCUT2D eigenvalue weighted by molar-refractivity contribution is 8.93. The lowest BCUT2D eigenvalue weighted by Crippen LogP contribution is -2.31. The van der Waals surface area contributed by atoms with Gasteiger partial charge in [0.05, 0.1) is 31.0 Å². The number of nitrogens with one attached hydrogen (secondary N) is 2. The van der Waals surface area contributed by atoms with Crippen LogP contribution in [0.15, 0.2) is 24.3 Å². The van der Waals surface area contributed by atoms with Crippen molar-refractivity contribution in [1.82, 2.24) is 10.2 Å². The highest BCUT2D eigenvalue weighted by atomic mass is 79.9. The van der Waals surface area contributed by atoms with E-state index >= 15 is 0 Å². The Hall–Kier alpha value is -3.60. The lowest BCUT2D eigenvalue weighted by atomic mass is 9.84. The number of amides is 1. The van der Waals surface area contributed by atoms with Crippen LogP contribution in [0.5, 0.6) is 11.5 Å². The molecule has 234 valence electrons. The van der Waals surface area contributed by atoms with E-state index in [-0.39, 0.29) is 59.7 Å². The number of anilines is 1. The average Bonchev–Trinajstić information content (AvgIpc) is 3.59. The zero-order valence-corrected chi connectivity index (χ0v) is 27.6. The summed E-state index contributed by atoms with van der Waals surface area (Å²) in [5, 5.41) is 11.4. The number of benzene rings is 2. The van der Waals surface area contributed by atoms with Gasteiger partial charge in [-0.05, 0) is 61.9 Å². The van der Waals surface area contributed by atoms with Crippen LogP contribution in [0.3, 0.4) is 0 Å². The lowest BCUT2D eigenvalue weighted by molar-refractivity contribution is -0.145. The lowest BCUT2D eigenvalue weighted by Gasteiger charge is -2.29. The van der Waals surface area contributed by atoms with Gasteiger partial charge in [0.15, 0.2) is 12.4 Å². The maximum Gasteiger partial charge on any atom is 0.344 e. The van der Waals surface area contributed by atoms with Crippen molar-refractivity contribution in [3.8, 4) is 11.5 Å². The number of rotatable bonds is 11. The SMILES string of the molecule is Br.CCOC(=O)COc1c(N2CCCC2)cc(C(=O)CN2Cc3cc(OCC)c(C(=O)NC)cc3C2=N)cc1C(C)(C)C. The Labute approximate surface area is 264 Å². The van der Waals surface area contributed by atoms with Crippen LogP contribution in [0.1, 0.15) is 84.9 Å². The van der Waals surface area contributed by atoms with Gasteiger partial charge < -0.3 is 29.3 Å². The van der Waals surface area contributed by atoms with Crippen molar-refractivity contribution in [3.05, 3.63) is 52.1 Å². The van der Waals surface area contributed by atoms with Gasteiger partial charge in [-0.2, -0.15) is 0 Å². The molecular weight excluding hydrogens is 616 g/mol. The Morgan fingerprint density at radius 2 is 1.70 bits per heavy atom. The first-order valence-electron chi connectivity index (χ1n) is 14.6. The molecule has 0 radical (unpaired) electrons. The number of amidine groups is 1. The molecule has 2 aliphatic heterocycles. The third-order valence-electron chi connectivity index (χ3n) is 7.53. The topological polar surface area (TPSA) is 121 Å². The standard InChI is InChI=1S/C32H42N4O6.BrH/c1-7-40-27-15-21-17-36(30(33)22(21)16-23(27)31(39)34-6)18-26(37)20-13-24(32(3,4)5)29(42-19-28(38)41-8-2)25(14-20)35-11-9-10-12-35;/h13-16,33H,7-12,17-19H2,1-6H3,(H,34,39);1H. The van der Waals surface area contributed by atoms with Crippen LogP contribution >= 0.6 is 17.0 Å². The van der Waals surface area contributed by atoms with Gasteiger partial charge >= 0.3 is 5.97 Å².